The van der Waals surface area contributed by atoms with Crippen LogP contribution in [-0.2, 0) is 0 Å². The second kappa shape index (κ2) is 5.51. The van der Waals surface area contributed by atoms with Crippen LogP contribution in [0.3, 0.4) is 0 Å². The van der Waals surface area contributed by atoms with E-state index >= 15 is 0 Å². The number of rotatable bonds is 5. The highest BCUT2D eigenvalue weighted by Crippen LogP contribution is 2.14. The highest BCUT2D eigenvalue weighted by molar-refractivity contribution is 5.44. The maximum Gasteiger partial charge on any atom is 0.0571 e. The van der Waals surface area contributed by atoms with Crippen molar-refractivity contribution < 1.29 is 0 Å². The Balaban J connectivity index is 2.75. The molecule has 0 bridgehead atoms. The van der Waals surface area contributed by atoms with E-state index in [4.69, 9.17) is 0 Å². The first-order valence-electron chi connectivity index (χ1n) is 5.14. The zero-order valence-corrected chi connectivity index (χ0v) is 9.70. The van der Waals surface area contributed by atoms with Crippen molar-refractivity contribution in [3.05, 3.63) is 36.7 Å². The van der Waals surface area contributed by atoms with Crippen molar-refractivity contribution in [1.29, 1.82) is 0 Å². The Morgan fingerprint density at radius 2 is 2.33 bits per heavy atom. The molecule has 0 aliphatic carbocycles. The summed E-state index contributed by atoms with van der Waals surface area (Å²) in [5.74, 6) is 0. The van der Waals surface area contributed by atoms with E-state index in [0.717, 1.165) is 17.9 Å². The van der Waals surface area contributed by atoms with Crippen LogP contribution in [0, 0.1) is 0 Å². The number of hydrogen-bond donors (Lipinski definition) is 1. The summed E-state index contributed by atoms with van der Waals surface area (Å²) in [5.41, 5.74) is 2.18. The largest absolute Gasteiger partial charge is 0.370 e. The van der Waals surface area contributed by atoms with Crippen LogP contribution >= 0.6 is 0 Å². The molecule has 0 saturated heterocycles. The zero-order chi connectivity index (χ0) is 11.3. The van der Waals surface area contributed by atoms with Crippen molar-refractivity contribution in [3.63, 3.8) is 0 Å². The molecule has 0 amide bonds. The Hall–Kier alpha value is -1.35. The summed E-state index contributed by atoms with van der Waals surface area (Å²) in [6, 6.07) is 4.43. The first-order valence-corrected chi connectivity index (χ1v) is 5.14. The van der Waals surface area contributed by atoms with Crippen LogP contribution in [0.5, 0.6) is 0 Å². The van der Waals surface area contributed by atoms with Crippen LogP contribution in [0.15, 0.2) is 31.0 Å². The molecule has 0 aliphatic heterocycles. The van der Waals surface area contributed by atoms with Gasteiger partial charge in [0.2, 0.25) is 0 Å². The molecule has 0 fully saturated rings. The molecule has 1 atom stereocenters. The van der Waals surface area contributed by atoms with E-state index in [2.05, 4.69) is 40.8 Å². The van der Waals surface area contributed by atoms with Crippen LogP contribution in [0.2, 0.25) is 0 Å². The van der Waals surface area contributed by atoms with Gasteiger partial charge in [-0.1, -0.05) is 6.08 Å². The van der Waals surface area contributed by atoms with Gasteiger partial charge in [0.25, 0.3) is 0 Å². The minimum Gasteiger partial charge on any atom is -0.370 e. The molecule has 1 heterocycles. The number of nitrogens with one attached hydrogen (secondary N) is 1. The Morgan fingerprint density at radius 1 is 1.60 bits per heavy atom. The second-order valence-electron chi connectivity index (χ2n) is 3.62. The molecular formula is C12H19N3. The van der Waals surface area contributed by atoms with E-state index in [-0.39, 0.29) is 0 Å². The summed E-state index contributed by atoms with van der Waals surface area (Å²) >= 11 is 0. The van der Waals surface area contributed by atoms with Crippen molar-refractivity contribution >= 4 is 5.69 Å². The quantitative estimate of drug-likeness (QED) is 0.745. The summed E-state index contributed by atoms with van der Waals surface area (Å²) in [5, 5.41) is 3.16. The van der Waals surface area contributed by atoms with Gasteiger partial charge in [0.05, 0.1) is 17.6 Å². The molecule has 0 radical (unpaired) electrons. The van der Waals surface area contributed by atoms with Crippen LogP contribution < -0.4 is 10.2 Å². The summed E-state index contributed by atoms with van der Waals surface area (Å²) in [6.07, 6.45) is 3.77. The van der Waals surface area contributed by atoms with Gasteiger partial charge >= 0.3 is 0 Å². The molecule has 0 aliphatic rings. The molecule has 1 aromatic rings. The Labute approximate surface area is 91.8 Å². The van der Waals surface area contributed by atoms with Crippen molar-refractivity contribution in [2.24, 2.45) is 0 Å². The third kappa shape index (κ3) is 3.06. The number of aromatic nitrogens is 1. The van der Waals surface area contributed by atoms with Gasteiger partial charge in [-0.25, -0.2) is 0 Å². The van der Waals surface area contributed by atoms with Crippen LogP contribution in [0.1, 0.15) is 18.7 Å². The SMILES string of the molecule is C=CCN(C)c1ccc(C(C)NC)nc1. The maximum atomic E-state index is 4.41. The van der Waals surface area contributed by atoms with E-state index in [1.807, 2.05) is 26.4 Å². The lowest BCUT2D eigenvalue weighted by Gasteiger charge is -2.17. The monoisotopic (exact) mass is 205 g/mol. The number of hydrogen-bond acceptors (Lipinski definition) is 3. The van der Waals surface area contributed by atoms with Crippen molar-refractivity contribution in [3.8, 4) is 0 Å². The Morgan fingerprint density at radius 3 is 2.80 bits per heavy atom. The second-order valence-corrected chi connectivity index (χ2v) is 3.62. The highest BCUT2D eigenvalue weighted by Gasteiger charge is 2.04. The minimum absolute atomic E-state index is 0.295. The number of likely N-dealkylation sites (N-methyl/N-ethyl adjacent to an activating group) is 1. The van der Waals surface area contributed by atoms with Gasteiger partial charge in [0.1, 0.15) is 0 Å². The van der Waals surface area contributed by atoms with E-state index in [9.17, 15) is 0 Å². The molecular weight excluding hydrogens is 186 g/mol. The smallest absolute Gasteiger partial charge is 0.0571 e. The van der Waals surface area contributed by atoms with Gasteiger partial charge in [-0.05, 0) is 26.1 Å². The Bertz CT molecular complexity index is 305. The highest BCUT2D eigenvalue weighted by atomic mass is 15.1. The number of pyridine rings is 1. The molecule has 1 unspecified atom stereocenters. The predicted octanol–water partition coefficient (Wildman–Crippen LogP) is 1.98. The fraction of sp³-hybridized carbons (Fsp3) is 0.417. The van der Waals surface area contributed by atoms with Gasteiger partial charge in [-0.2, -0.15) is 0 Å². The lowest BCUT2D eigenvalue weighted by atomic mass is 10.2. The molecule has 1 aromatic heterocycles. The number of anilines is 1. The van der Waals surface area contributed by atoms with Crippen molar-refractivity contribution in [1.82, 2.24) is 10.3 Å². The fourth-order valence-corrected chi connectivity index (χ4v) is 1.33. The van der Waals surface area contributed by atoms with E-state index < -0.39 is 0 Å². The first-order chi connectivity index (χ1) is 7.19. The third-order valence-electron chi connectivity index (χ3n) is 2.49. The number of nitrogens with zero attached hydrogens (tertiary/aromatic N) is 2. The molecule has 3 nitrogen and oxygen atoms in total. The molecule has 0 saturated carbocycles. The van der Waals surface area contributed by atoms with Crippen molar-refractivity contribution in [2.45, 2.75) is 13.0 Å². The summed E-state index contributed by atoms with van der Waals surface area (Å²) < 4.78 is 0. The fourth-order valence-electron chi connectivity index (χ4n) is 1.33. The van der Waals surface area contributed by atoms with Gasteiger partial charge in [-0.3, -0.25) is 4.98 Å². The van der Waals surface area contributed by atoms with Gasteiger partial charge in [-0.15, -0.1) is 6.58 Å². The molecule has 0 aromatic carbocycles. The van der Waals surface area contributed by atoms with Gasteiger partial charge in [0.15, 0.2) is 0 Å². The topological polar surface area (TPSA) is 28.2 Å². The average Bonchev–Trinajstić information content (AvgIpc) is 2.28. The van der Waals surface area contributed by atoms with Crippen molar-refractivity contribution in [2.75, 3.05) is 25.5 Å². The lowest BCUT2D eigenvalue weighted by molar-refractivity contribution is 0.633. The summed E-state index contributed by atoms with van der Waals surface area (Å²) in [7, 11) is 3.96. The molecule has 0 spiro atoms. The van der Waals surface area contributed by atoms with Gasteiger partial charge < -0.3 is 10.2 Å². The normalized spacial score (nSPS) is 12.2. The maximum absolute atomic E-state index is 4.41. The van der Waals surface area contributed by atoms with Crippen LogP contribution in [0.4, 0.5) is 5.69 Å². The molecule has 1 rings (SSSR count). The molecule has 15 heavy (non-hydrogen) atoms. The lowest BCUT2D eigenvalue weighted by Crippen LogP contribution is -2.18. The predicted molar refractivity (Wildman–Crippen MR) is 65.2 cm³/mol. The van der Waals surface area contributed by atoms with E-state index in [0.29, 0.717) is 6.04 Å². The van der Waals surface area contributed by atoms with E-state index in [1.165, 1.54) is 0 Å². The first kappa shape index (κ1) is 11.7. The Kier molecular flexibility index (Phi) is 4.31. The summed E-state index contributed by atoms with van der Waals surface area (Å²) in [4.78, 5) is 6.52. The van der Waals surface area contributed by atoms with Crippen LogP contribution in [0.25, 0.3) is 0 Å². The van der Waals surface area contributed by atoms with Crippen LogP contribution in [-0.4, -0.2) is 25.6 Å². The molecule has 1 N–H and O–H groups in total. The zero-order valence-electron chi connectivity index (χ0n) is 9.70. The average molecular weight is 205 g/mol. The van der Waals surface area contributed by atoms with E-state index in [1.54, 1.807) is 0 Å². The third-order valence-corrected chi connectivity index (χ3v) is 2.49. The summed E-state index contributed by atoms with van der Waals surface area (Å²) in [6.45, 7) is 6.64. The molecule has 82 valence electrons. The molecule has 3 heteroatoms. The minimum atomic E-state index is 0.295. The standard InChI is InChI=1S/C12H19N3/c1-5-8-15(4)11-6-7-12(14-9-11)10(2)13-3/h5-7,9-10,13H,1,8H2,2-4H3. The van der Waals surface area contributed by atoms with Gasteiger partial charge in [0, 0.05) is 19.6 Å².